The molecule has 1 N–H and O–H groups in total. The molecule has 20 heavy (non-hydrogen) atoms. The van der Waals surface area contributed by atoms with Gasteiger partial charge in [-0.1, -0.05) is 6.07 Å². The molecule has 0 saturated carbocycles. The van der Waals surface area contributed by atoms with E-state index in [4.69, 9.17) is 4.74 Å². The van der Waals surface area contributed by atoms with E-state index in [1.54, 1.807) is 17.0 Å². The number of ether oxygens (including phenoxy) is 1. The SMILES string of the molecule is CCN(C(=O)CCC1CCCO1)c1cc(O)ccc1C. The standard InChI is InChI=1S/C16H23NO3/c1-3-17(15-11-13(18)7-6-12(15)2)16(19)9-8-14-5-4-10-20-14/h6-7,11,14,18H,3-5,8-10H2,1-2H3. The van der Waals surface area contributed by atoms with Crippen LogP contribution in [0.25, 0.3) is 0 Å². The van der Waals surface area contributed by atoms with Gasteiger partial charge in [-0.2, -0.15) is 0 Å². The molecule has 4 heteroatoms. The second-order valence-electron chi connectivity index (χ2n) is 5.28. The van der Waals surface area contributed by atoms with Gasteiger partial charge in [0.1, 0.15) is 5.75 Å². The highest BCUT2D eigenvalue weighted by Crippen LogP contribution is 2.26. The number of hydrogen-bond donors (Lipinski definition) is 1. The number of rotatable bonds is 5. The molecule has 0 radical (unpaired) electrons. The molecule has 110 valence electrons. The molecule has 1 aliphatic heterocycles. The molecule has 1 atom stereocenters. The fourth-order valence-corrected chi connectivity index (χ4v) is 2.66. The molecule has 0 bridgehead atoms. The summed E-state index contributed by atoms with van der Waals surface area (Å²) in [6.07, 6.45) is 3.68. The van der Waals surface area contributed by atoms with Gasteiger partial charge in [0.25, 0.3) is 0 Å². The zero-order chi connectivity index (χ0) is 14.5. The monoisotopic (exact) mass is 277 g/mol. The Morgan fingerprint density at radius 1 is 1.50 bits per heavy atom. The molecule has 1 aliphatic rings. The van der Waals surface area contributed by atoms with Crippen molar-refractivity contribution in [2.24, 2.45) is 0 Å². The van der Waals surface area contributed by atoms with Crippen molar-refractivity contribution >= 4 is 11.6 Å². The van der Waals surface area contributed by atoms with Crippen LogP contribution in [0.5, 0.6) is 5.75 Å². The van der Waals surface area contributed by atoms with Gasteiger partial charge >= 0.3 is 0 Å². The smallest absolute Gasteiger partial charge is 0.227 e. The van der Waals surface area contributed by atoms with Crippen molar-refractivity contribution in [2.45, 2.75) is 45.6 Å². The number of benzene rings is 1. The number of carbonyl (C=O) groups is 1. The topological polar surface area (TPSA) is 49.8 Å². The molecule has 1 heterocycles. The fraction of sp³-hybridized carbons (Fsp3) is 0.562. The maximum atomic E-state index is 12.4. The summed E-state index contributed by atoms with van der Waals surface area (Å²) in [7, 11) is 0. The van der Waals surface area contributed by atoms with E-state index in [-0.39, 0.29) is 17.8 Å². The number of phenols is 1. The van der Waals surface area contributed by atoms with Crippen LogP contribution in [-0.2, 0) is 9.53 Å². The lowest BCUT2D eigenvalue weighted by Crippen LogP contribution is -2.31. The Bertz CT molecular complexity index is 467. The molecule has 1 fully saturated rings. The molecule has 0 aliphatic carbocycles. The fourth-order valence-electron chi connectivity index (χ4n) is 2.66. The van der Waals surface area contributed by atoms with Gasteiger partial charge in [0.2, 0.25) is 5.91 Å². The molecule has 1 aromatic carbocycles. The van der Waals surface area contributed by atoms with E-state index in [0.717, 1.165) is 37.1 Å². The molecule has 4 nitrogen and oxygen atoms in total. The molecule has 0 aromatic heterocycles. The van der Waals surface area contributed by atoms with E-state index >= 15 is 0 Å². The first-order chi connectivity index (χ1) is 9.61. The Kier molecular flexibility index (Phi) is 5.01. The van der Waals surface area contributed by atoms with Crippen molar-refractivity contribution in [3.05, 3.63) is 23.8 Å². The molecule has 1 unspecified atom stereocenters. The van der Waals surface area contributed by atoms with Crippen LogP contribution in [0.4, 0.5) is 5.69 Å². The lowest BCUT2D eigenvalue weighted by atomic mass is 10.1. The van der Waals surface area contributed by atoms with Gasteiger partial charge in [-0.25, -0.2) is 0 Å². The highest BCUT2D eigenvalue weighted by Gasteiger charge is 2.20. The van der Waals surface area contributed by atoms with Gasteiger partial charge in [-0.3, -0.25) is 4.79 Å². The Morgan fingerprint density at radius 2 is 2.30 bits per heavy atom. The number of nitrogens with zero attached hydrogens (tertiary/aromatic N) is 1. The molecular weight excluding hydrogens is 254 g/mol. The molecule has 2 rings (SSSR count). The van der Waals surface area contributed by atoms with Crippen LogP contribution in [0.2, 0.25) is 0 Å². The molecule has 1 aromatic rings. The average Bonchev–Trinajstić information content (AvgIpc) is 2.94. The summed E-state index contributed by atoms with van der Waals surface area (Å²) in [5, 5.41) is 9.61. The predicted octanol–water partition coefficient (Wildman–Crippen LogP) is 3.01. The number of phenolic OH excluding ortho intramolecular Hbond substituents is 1. The summed E-state index contributed by atoms with van der Waals surface area (Å²) in [5.74, 6) is 0.285. The second-order valence-corrected chi connectivity index (χ2v) is 5.28. The van der Waals surface area contributed by atoms with Gasteiger partial charge in [0.05, 0.1) is 11.8 Å². The summed E-state index contributed by atoms with van der Waals surface area (Å²) >= 11 is 0. The predicted molar refractivity (Wildman–Crippen MR) is 79.1 cm³/mol. The first-order valence-corrected chi connectivity index (χ1v) is 7.33. The van der Waals surface area contributed by atoms with E-state index in [9.17, 15) is 9.90 Å². The van der Waals surface area contributed by atoms with Gasteiger partial charge in [0.15, 0.2) is 0 Å². The maximum Gasteiger partial charge on any atom is 0.227 e. The van der Waals surface area contributed by atoms with Gasteiger partial charge in [-0.05, 0) is 44.7 Å². The van der Waals surface area contributed by atoms with Crippen molar-refractivity contribution in [3.8, 4) is 5.75 Å². The highest BCUT2D eigenvalue weighted by molar-refractivity contribution is 5.94. The van der Waals surface area contributed by atoms with Gasteiger partial charge in [-0.15, -0.1) is 0 Å². The second kappa shape index (κ2) is 6.75. The van der Waals surface area contributed by atoms with Crippen LogP contribution in [-0.4, -0.2) is 30.3 Å². The van der Waals surface area contributed by atoms with E-state index < -0.39 is 0 Å². The van der Waals surface area contributed by atoms with Crippen LogP contribution in [0.1, 0.15) is 38.2 Å². The van der Waals surface area contributed by atoms with E-state index in [0.29, 0.717) is 13.0 Å². The third-order valence-corrected chi connectivity index (χ3v) is 3.80. The Labute approximate surface area is 120 Å². The third kappa shape index (κ3) is 3.51. The zero-order valence-corrected chi connectivity index (χ0v) is 12.3. The lowest BCUT2D eigenvalue weighted by molar-refractivity contribution is -0.119. The average molecular weight is 277 g/mol. The Balaban J connectivity index is 2.02. The summed E-state index contributed by atoms with van der Waals surface area (Å²) in [6, 6.07) is 5.13. The Hall–Kier alpha value is -1.55. The van der Waals surface area contributed by atoms with Gasteiger partial charge < -0.3 is 14.7 Å². The number of anilines is 1. The maximum absolute atomic E-state index is 12.4. The molecule has 1 saturated heterocycles. The quantitative estimate of drug-likeness (QED) is 0.900. The number of aryl methyl sites for hydroxylation is 1. The Morgan fingerprint density at radius 3 is 2.95 bits per heavy atom. The number of carbonyl (C=O) groups excluding carboxylic acids is 1. The van der Waals surface area contributed by atoms with Crippen LogP contribution in [0.3, 0.4) is 0 Å². The van der Waals surface area contributed by atoms with Crippen LogP contribution in [0, 0.1) is 6.92 Å². The van der Waals surface area contributed by atoms with Crippen molar-refractivity contribution in [2.75, 3.05) is 18.1 Å². The zero-order valence-electron chi connectivity index (χ0n) is 12.3. The van der Waals surface area contributed by atoms with Crippen LogP contribution >= 0.6 is 0 Å². The summed E-state index contributed by atoms with van der Waals surface area (Å²) in [6.45, 7) is 5.33. The number of hydrogen-bond acceptors (Lipinski definition) is 3. The van der Waals surface area contributed by atoms with E-state index in [2.05, 4.69) is 0 Å². The van der Waals surface area contributed by atoms with Crippen molar-refractivity contribution in [3.63, 3.8) is 0 Å². The van der Waals surface area contributed by atoms with Crippen molar-refractivity contribution in [1.29, 1.82) is 0 Å². The van der Waals surface area contributed by atoms with Crippen molar-refractivity contribution < 1.29 is 14.6 Å². The summed E-state index contributed by atoms with van der Waals surface area (Å²) in [4.78, 5) is 14.1. The number of aromatic hydroxyl groups is 1. The van der Waals surface area contributed by atoms with Crippen LogP contribution < -0.4 is 4.90 Å². The lowest BCUT2D eigenvalue weighted by Gasteiger charge is -2.23. The minimum Gasteiger partial charge on any atom is -0.508 e. The largest absolute Gasteiger partial charge is 0.508 e. The molecule has 1 amide bonds. The van der Waals surface area contributed by atoms with E-state index in [1.165, 1.54) is 0 Å². The van der Waals surface area contributed by atoms with Crippen LogP contribution in [0.15, 0.2) is 18.2 Å². The first kappa shape index (κ1) is 14.9. The number of amides is 1. The minimum atomic E-state index is 0.0942. The summed E-state index contributed by atoms with van der Waals surface area (Å²) in [5.41, 5.74) is 1.79. The molecule has 0 spiro atoms. The summed E-state index contributed by atoms with van der Waals surface area (Å²) < 4.78 is 5.55. The molecular formula is C16H23NO3. The van der Waals surface area contributed by atoms with E-state index in [1.807, 2.05) is 19.9 Å². The van der Waals surface area contributed by atoms with Crippen molar-refractivity contribution in [1.82, 2.24) is 0 Å². The highest BCUT2D eigenvalue weighted by atomic mass is 16.5. The first-order valence-electron chi connectivity index (χ1n) is 7.33. The third-order valence-electron chi connectivity index (χ3n) is 3.80. The van der Waals surface area contributed by atoms with Gasteiger partial charge in [0, 0.05) is 25.6 Å². The minimum absolute atomic E-state index is 0.0942. The normalized spacial score (nSPS) is 18.2.